The first-order valence-corrected chi connectivity index (χ1v) is 9.46. The number of thiophene rings is 1. The van der Waals surface area contributed by atoms with Crippen LogP contribution < -0.4 is 5.32 Å². The zero-order valence-corrected chi connectivity index (χ0v) is 13.4. The monoisotopic (exact) mass is 336 g/mol. The van der Waals surface area contributed by atoms with E-state index >= 15 is 0 Å². The standard InChI is InChI=1S/C15H16N2O3S2/c18-15(11-5-6-11)17-10-13(12-3-1-7-16-9-12)22(19,20)14-4-2-8-21-14/h1-4,7-9,11,13H,5-6,10H2,(H,17,18). The van der Waals surface area contributed by atoms with E-state index in [0.717, 1.165) is 12.8 Å². The highest BCUT2D eigenvalue weighted by molar-refractivity contribution is 7.93. The van der Waals surface area contributed by atoms with Crippen molar-refractivity contribution in [1.82, 2.24) is 10.3 Å². The van der Waals surface area contributed by atoms with Crippen LogP contribution in [0.4, 0.5) is 0 Å². The number of hydrogen-bond donors (Lipinski definition) is 1. The number of carbonyl (C=O) groups is 1. The zero-order chi connectivity index (χ0) is 15.6. The van der Waals surface area contributed by atoms with Crippen LogP contribution in [-0.2, 0) is 14.6 Å². The maximum absolute atomic E-state index is 12.8. The van der Waals surface area contributed by atoms with Crippen molar-refractivity contribution in [3.05, 3.63) is 47.6 Å². The minimum Gasteiger partial charge on any atom is -0.354 e. The third-order valence-corrected chi connectivity index (χ3v) is 7.15. The van der Waals surface area contributed by atoms with Crippen molar-refractivity contribution in [2.24, 2.45) is 5.92 Å². The van der Waals surface area contributed by atoms with Gasteiger partial charge in [0.2, 0.25) is 5.91 Å². The molecule has 0 saturated heterocycles. The molecule has 0 aliphatic heterocycles. The molecule has 1 atom stereocenters. The van der Waals surface area contributed by atoms with Gasteiger partial charge in [-0.2, -0.15) is 0 Å². The van der Waals surface area contributed by atoms with Crippen molar-refractivity contribution in [2.45, 2.75) is 22.3 Å². The smallest absolute Gasteiger partial charge is 0.223 e. The molecule has 1 N–H and O–H groups in total. The van der Waals surface area contributed by atoms with Crippen LogP contribution >= 0.6 is 11.3 Å². The van der Waals surface area contributed by atoms with Crippen LogP contribution in [0.15, 0.2) is 46.2 Å². The second kappa shape index (κ2) is 6.18. The Labute approximate surface area is 133 Å². The molecule has 0 bridgehead atoms. The largest absolute Gasteiger partial charge is 0.354 e. The number of carbonyl (C=O) groups excluding carboxylic acids is 1. The van der Waals surface area contributed by atoms with E-state index in [1.165, 1.54) is 11.3 Å². The van der Waals surface area contributed by atoms with Crippen LogP contribution in [-0.4, -0.2) is 25.9 Å². The van der Waals surface area contributed by atoms with Gasteiger partial charge in [0.1, 0.15) is 9.46 Å². The molecule has 1 aliphatic rings. The molecule has 1 saturated carbocycles. The maximum Gasteiger partial charge on any atom is 0.223 e. The molecule has 1 unspecified atom stereocenters. The summed E-state index contributed by atoms with van der Waals surface area (Å²) >= 11 is 1.18. The fourth-order valence-corrected chi connectivity index (χ4v) is 5.07. The Kier molecular flexibility index (Phi) is 4.26. The van der Waals surface area contributed by atoms with Crippen molar-refractivity contribution in [3.8, 4) is 0 Å². The quantitative estimate of drug-likeness (QED) is 0.877. The minimum absolute atomic E-state index is 0.0546. The number of aromatic nitrogens is 1. The van der Waals surface area contributed by atoms with Gasteiger partial charge in [-0.25, -0.2) is 8.42 Å². The van der Waals surface area contributed by atoms with E-state index in [1.54, 1.807) is 42.0 Å². The fourth-order valence-electron chi connectivity index (χ4n) is 2.22. The Bertz CT molecular complexity index is 738. The summed E-state index contributed by atoms with van der Waals surface area (Å²) in [5.41, 5.74) is 0.590. The third-order valence-electron chi connectivity index (χ3n) is 3.62. The van der Waals surface area contributed by atoms with E-state index in [9.17, 15) is 13.2 Å². The third kappa shape index (κ3) is 3.20. The van der Waals surface area contributed by atoms with Gasteiger partial charge in [0.05, 0.1) is 0 Å². The topological polar surface area (TPSA) is 76.1 Å². The summed E-state index contributed by atoms with van der Waals surface area (Å²) in [5.74, 6) is -0.00531. The van der Waals surface area contributed by atoms with E-state index in [-0.39, 0.29) is 18.4 Å². The second-order valence-corrected chi connectivity index (χ2v) is 8.58. The lowest BCUT2D eigenvalue weighted by Gasteiger charge is -2.17. The molecule has 22 heavy (non-hydrogen) atoms. The Morgan fingerprint density at radius 1 is 1.36 bits per heavy atom. The summed E-state index contributed by atoms with van der Waals surface area (Å²) in [6.07, 6.45) is 4.92. The first-order valence-electron chi connectivity index (χ1n) is 7.04. The van der Waals surface area contributed by atoms with Gasteiger partial charge in [-0.15, -0.1) is 11.3 Å². The molecule has 0 spiro atoms. The number of pyridine rings is 1. The van der Waals surface area contributed by atoms with E-state index in [1.807, 2.05) is 0 Å². The van der Waals surface area contributed by atoms with Gasteiger partial charge in [0.15, 0.2) is 9.84 Å². The fraction of sp³-hybridized carbons (Fsp3) is 0.333. The van der Waals surface area contributed by atoms with E-state index in [0.29, 0.717) is 9.77 Å². The first kappa shape index (κ1) is 15.2. The van der Waals surface area contributed by atoms with Crippen LogP contribution in [0, 0.1) is 5.92 Å². The van der Waals surface area contributed by atoms with Crippen molar-refractivity contribution >= 4 is 27.1 Å². The van der Waals surface area contributed by atoms with Gasteiger partial charge < -0.3 is 5.32 Å². The van der Waals surface area contributed by atoms with Crippen molar-refractivity contribution in [1.29, 1.82) is 0 Å². The lowest BCUT2D eigenvalue weighted by Crippen LogP contribution is -2.32. The van der Waals surface area contributed by atoms with E-state index < -0.39 is 15.1 Å². The van der Waals surface area contributed by atoms with Crippen LogP contribution in [0.2, 0.25) is 0 Å². The van der Waals surface area contributed by atoms with Gasteiger partial charge in [-0.05, 0) is 35.9 Å². The summed E-state index contributed by atoms with van der Waals surface area (Å²) in [6.45, 7) is 0.0707. The number of nitrogens with zero attached hydrogens (tertiary/aromatic N) is 1. The molecule has 2 aromatic rings. The van der Waals surface area contributed by atoms with Gasteiger partial charge in [-0.3, -0.25) is 9.78 Å². The van der Waals surface area contributed by atoms with Gasteiger partial charge in [0.25, 0.3) is 0 Å². The van der Waals surface area contributed by atoms with Crippen molar-refractivity contribution in [2.75, 3.05) is 6.54 Å². The highest BCUT2D eigenvalue weighted by atomic mass is 32.2. The summed E-state index contributed by atoms with van der Waals surface area (Å²) in [5, 5.41) is 3.69. The van der Waals surface area contributed by atoms with Crippen molar-refractivity contribution < 1.29 is 13.2 Å². The SMILES string of the molecule is O=C(NCC(c1cccnc1)S(=O)(=O)c1cccs1)C1CC1. The second-order valence-electron chi connectivity index (χ2n) is 5.27. The number of hydrogen-bond acceptors (Lipinski definition) is 5. The molecular weight excluding hydrogens is 320 g/mol. The average molecular weight is 336 g/mol. The summed E-state index contributed by atoms with van der Waals surface area (Å²) in [4.78, 5) is 15.8. The molecule has 2 aromatic heterocycles. The normalized spacial score (nSPS) is 16.2. The molecule has 1 aliphatic carbocycles. The van der Waals surface area contributed by atoms with Gasteiger partial charge in [-0.1, -0.05) is 12.1 Å². The lowest BCUT2D eigenvalue weighted by molar-refractivity contribution is -0.122. The maximum atomic E-state index is 12.8. The molecule has 5 nitrogen and oxygen atoms in total. The average Bonchev–Trinajstić information content (AvgIpc) is 3.22. The highest BCUT2D eigenvalue weighted by Gasteiger charge is 2.33. The molecule has 1 amide bonds. The van der Waals surface area contributed by atoms with Gasteiger partial charge in [0, 0.05) is 24.9 Å². The molecule has 116 valence electrons. The molecular formula is C15H16N2O3S2. The van der Waals surface area contributed by atoms with Crippen LogP contribution in [0.3, 0.4) is 0 Å². The Balaban J connectivity index is 1.87. The Morgan fingerprint density at radius 3 is 2.77 bits per heavy atom. The van der Waals surface area contributed by atoms with E-state index in [4.69, 9.17) is 0 Å². The lowest BCUT2D eigenvalue weighted by atomic mass is 10.2. The van der Waals surface area contributed by atoms with Crippen molar-refractivity contribution in [3.63, 3.8) is 0 Å². The van der Waals surface area contributed by atoms with E-state index in [2.05, 4.69) is 10.3 Å². The minimum atomic E-state index is -3.55. The Hall–Kier alpha value is -1.73. The number of rotatable bonds is 6. The summed E-state index contributed by atoms with van der Waals surface area (Å²) in [7, 11) is -3.55. The molecule has 2 heterocycles. The van der Waals surface area contributed by atoms with Crippen LogP contribution in [0.25, 0.3) is 0 Å². The molecule has 0 radical (unpaired) electrons. The van der Waals surface area contributed by atoms with Gasteiger partial charge >= 0.3 is 0 Å². The number of sulfone groups is 1. The molecule has 0 aromatic carbocycles. The zero-order valence-electron chi connectivity index (χ0n) is 11.8. The first-order chi connectivity index (χ1) is 10.6. The molecule has 7 heteroatoms. The number of amides is 1. The predicted molar refractivity (Wildman–Crippen MR) is 84.2 cm³/mol. The number of nitrogens with one attached hydrogen (secondary N) is 1. The highest BCUT2D eigenvalue weighted by Crippen LogP contribution is 2.32. The van der Waals surface area contributed by atoms with Crippen LogP contribution in [0.1, 0.15) is 23.7 Å². The Morgan fingerprint density at radius 2 is 2.18 bits per heavy atom. The molecule has 1 fully saturated rings. The van der Waals surface area contributed by atoms with Crippen LogP contribution in [0.5, 0.6) is 0 Å². The molecule has 3 rings (SSSR count). The summed E-state index contributed by atoms with van der Waals surface area (Å²) < 4.78 is 26.0. The predicted octanol–water partition coefficient (Wildman–Crippen LogP) is 2.18. The summed E-state index contributed by atoms with van der Waals surface area (Å²) in [6, 6.07) is 6.73.